The standard InChI is InChI=1S/C11H13NO4S/c1-11(2,10(13)12-14)17(15)9-7-5-4-6-8(9)16-3/h4-7H,1-3H3. The first-order chi connectivity index (χ1) is 7.95. The third-order valence-corrected chi connectivity index (χ3v) is 4.17. The molecule has 1 rings (SSSR count). The second kappa shape index (κ2) is 5.18. The van der Waals surface area contributed by atoms with E-state index in [0.717, 1.165) is 0 Å². The molecule has 1 aromatic carbocycles. The number of nitrogens with zero attached hydrogens (tertiary/aromatic N) is 1. The molecule has 0 N–H and O–H groups in total. The highest BCUT2D eigenvalue weighted by Crippen LogP contribution is 2.29. The summed E-state index contributed by atoms with van der Waals surface area (Å²) >= 11 is 0. The lowest BCUT2D eigenvalue weighted by atomic mass is 10.2. The van der Waals surface area contributed by atoms with Gasteiger partial charge in [0.2, 0.25) is 0 Å². The van der Waals surface area contributed by atoms with Crippen LogP contribution < -0.4 is 4.74 Å². The number of amides is 1. The normalized spacial score (nSPS) is 12.9. The Morgan fingerprint density at radius 2 is 1.94 bits per heavy atom. The Labute approximate surface area is 102 Å². The summed E-state index contributed by atoms with van der Waals surface area (Å²) in [6.45, 7) is 2.83. The van der Waals surface area contributed by atoms with Gasteiger partial charge in [-0.25, -0.2) is 0 Å². The topological polar surface area (TPSA) is 72.8 Å². The third kappa shape index (κ3) is 2.58. The van der Waals surface area contributed by atoms with Gasteiger partial charge < -0.3 is 4.74 Å². The van der Waals surface area contributed by atoms with Gasteiger partial charge in [0.25, 0.3) is 0 Å². The molecule has 1 atom stereocenters. The van der Waals surface area contributed by atoms with Crippen LogP contribution in [0.25, 0.3) is 0 Å². The molecule has 0 aromatic heterocycles. The first-order valence-electron chi connectivity index (χ1n) is 4.87. The van der Waals surface area contributed by atoms with Crippen molar-refractivity contribution in [2.75, 3.05) is 7.11 Å². The average molecular weight is 255 g/mol. The molecule has 1 amide bonds. The largest absolute Gasteiger partial charge is 0.495 e. The minimum absolute atomic E-state index is 0.372. The van der Waals surface area contributed by atoms with E-state index in [4.69, 9.17) is 4.74 Å². The fraction of sp³-hybridized carbons (Fsp3) is 0.364. The highest BCUT2D eigenvalue weighted by Gasteiger charge is 2.37. The minimum Gasteiger partial charge on any atom is -0.495 e. The Hall–Kier alpha value is -1.56. The van der Waals surface area contributed by atoms with E-state index in [1.165, 1.54) is 21.0 Å². The van der Waals surface area contributed by atoms with Crippen molar-refractivity contribution in [2.24, 2.45) is 5.18 Å². The summed E-state index contributed by atoms with van der Waals surface area (Å²) in [6.07, 6.45) is 0. The summed E-state index contributed by atoms with van der Waals surface area (Å²) in [6, 6.07) is 6.65. The maximum absolute atomic E-state index is 12.3. The molecule has 0 radical (unpaired) electrons. The van der Waals surface area contributed by atoms with Crippen molar-refractivity contribution in [1.29, 1.82) is 0 Å². The molecule has 0 saturated heterocycles. The van der Waals surface area contributed by atoms with E-state index in [9.17, 15) is 13.9 Å². The van der Waals surface area contributed by atoms with E-state index in [1.54, 1.807) is 24.3 Å². The van der Waals surface area contributed by atoms with Gasteiger partial charge in [-0.2, -0.15) is 0 Å². The van der Waals surface area contributed by atoms with E-state index in [-0.39, 0.29) is 0 Å². The fourth-order valence-corrected chi connectivity index (χ4v) is 2.52. The Balaban J connectivity index is 3.21. The van der Waals surface area contributed by atoms with Crippen LogP contribution in [-0.4, -0.2) is 22.0 Å². The molecule has 0 aliphatic rings. The molecule has 5 nitrogen and oxygen atoms in total. The van der Waals surface area contributed by atoms with E-state index < -0.39 is 21.5 Å². The number of ether oxygens (including phenoxy) is 1. The van der Waals surface area contributed by atoms with Gasteiger partial charge in [-0.3, -0.25) is 9.00 Å². The number of methoxy groups -OCH3 is 1. The highest BCUT2D eigenvalue weighted by molar-refractivity contribution is 7.87. The zero-order chi connectivity index (χ0) is 13.1. The summed E-state index contributed by atoms with van der Waals surface area (Å²) in [5.41, 5.74) is 0. The summed E-state index contributed by atoms with van der Waals surface area (Å²) in [5, 5.41) is 2.34. The smallest absolute Gasteiger partial charge is 0.304 e. The Morgan fingerprint density at radius 3 is 2.47 bits per heavy atom. The minimum atomic E-state index is -1.70. The molecule has 1 aromatic rings. The highest BCUT2D eigenvalue weighted by atomic mass is 32.2. The second-order valence-electron chi connectivity index (χ2n) is 3.83. The second-order valence-corrected chi connectivity index (χ2v) is 5.82. The van der Waals surface area contributed by atoms with Gasteiger partial charge >= 0.3 is 5.91 Å². The maximum Gasteiger partial charge on any atom is 0.304 e. The van der Waals surface area contributed by atoms with Gasteiger partial charge in [0.15, 0.2) is 0 Å². The number of rotatable bonds is 4. The number of hydrogen-bond donors (Lipinski definition) is 0. The SMILES string of the molecule is COc1ccccc1S(=O)C(C)(C)C(=O)N=O. The summed E-state index contributed by atoms with van der Waals surface area (Å²) in [4.78, 5) is 22.0. The van der Waals surface area contributed by atoms with Crippen molar-refractivity contribution in [2.45, 2.75) is 23.5 Å². The van der Waals surface area contributed by atoms with Crippen LogP contribution in [0.2, 0.25) is 0 Å². The quantitative estimate of drug-likeness (QED) is 0.770. The lowest BCUT2D eigenvalue weighted by Gasteiger charge is -2.19. The first-order valence-corrected chi connectivity index (χ1v) is 6.02. The first kappa shape index (κ1) is 13.5. The van der Waals surface area contributed by atoms with Crippen molar-refractivity contribution in [1.82, 2.24) is 0 Å². The van der Waals surface area contributed by atoms with Crippen molar-refractivity contribution in [3.8, 4) is 5.75 Å². The lowest BCUT2D eigenvalue weighted by Crippen LogP contribution is -2.35. The third-order valence-electron chi connectivity index (χ3n) is 2.33. The van der Waals surface area contributed by atoms with Gasteiger partial charge in [0.05, 0.1) is 22.8 Å². The number of hydrogen-bond acceptors (Lipinski definition) is 4. The van der Waals surface area contributed by atoms with E-state index in [1.807, 2.05) is 0 Å². The molecule has 0 aliphatic carbocycles. The van der Waals surface area contributed by atoms with Crippen LogP contribution in [0, 0.1) is 4.91 Å². The summed E-state index contributed by atoms with van der Waals surface area (Å²) in [5.74, 6) is -0.528. The zero-order valence-corrected chi connectivity index (χ0v) is 10.6. The van der Waals surface area contributed by atoms with Crippen molar-refractivity contribution in [3.05, 3.63) is 29.2 Å². The predicted octanol–water partition coefficient (Wildman–Crippen LogP) is 1.87. The maximum atomic E-state index is 12.3. The van der Waals surface area contributed by atoms with Crippen molar-refractivity contribution < 1.29 is 13.7 Å². The molecule has 0 spiro atoms. The van der Waals surface area contributed by atoms with Crippen LogP contribution in [0.1, 0.15) is 13.8 Å². The monoisotopic (exact) mass is 255 g/mol. The van der Waals surface area contributed by atoms with Crippen molar-refractivity contribution >= 4 is 16.7 Å². The lowest BCUT2D eigenvalue weighted by molar-refractivity contribution is -0.119. The Morgan fingerprint density at radius 1 is 1.35 bits per heavy atom. The Kier molecular flexibility index (Phi) is 4.11. The predicted molar refractivity (Wildman–Crippen MR) is 64.3 cm³/mol. The molecule has 1 unspecified atom stereocenters. The molecule has 6 heteroatoms. The average Bonchev–Trinajstić information content (AvgIpc) is 2.36. The van der Waals surface area contributed by atoms with Crippen LogP contribution >= 0.6 is 0 Å². The Bertz CT molecular complexity index is 470. The molecular formula is C11H13NO4S. The van der Waals surface area contributed by atoms with E-state index in [0.29, 0.717) is 10.6 Å². The number of nitroso groups, excluding NO2 is 1. The molecule has 0 fully saturated rings. The number of carbonyl (C=O) groups excluding carboxylic acids is 1. The summed E-state index contributed by atoms with van der Waals surface area (Å²) < 4.78 is 16.0. The fourth-order valence-electron chi connectivity index (χ4n) is 1.24. The molecule has 17 heavy (non-hydrogen) atoms. The number of para-hydroxylation sites is 1. The molecular weight excluding hydrogens is 242 g/mol. The van der Waals surface area contributed by atoms with Crippen LogP contribution in [-0.2, 0) is 15.6 Å². The zero-order valence-electron chi connectivity index (χ0n) is 9.80. The van der Waals surface area contributed by atoms with E-state index >= 15 is 0 Å². The van der Waals surface area contributed by atoms with Crippen LogP contribution in [0.3, 0.4) is 0 Å². The van der Waals surface area contributed by atoms with E-state index in [2.05, 4.69) is 5.18 Å². The number of carbonyl (C=O) groups is 1. The molecule has 0 bridgehead atoms. The van der Waals surface area contributed by atoms with Crippen LogP contribution in [0.15, 0.2) is 34.3 Å². The number of benzene rings is 1. The van der Waals surface area contributed by atoms with Gasteiger partial charge in [-0.15, -0.1) is 4.91 Å². The van der Waals surface area contributed by atoms with Gasteiger partial charge in [0, 0.05) is 5.18 Å². The van der Waals surface area contributed by atoms with Gasteiger partial charge in [0.1, 0.15) is 10.5 Å². The molecule has 0 saturated carbocycles. The summed E-state index contributed by atoms with van der Waals surface area (Å²) in [7, 11) is -0.256. The van der Waals surface area contributed by atoms with Crippen LogP contribution in [0.5, 0.6) is 5.75 Å². The van der Waals surface area contributed by atoms with Gasteiger partial charge in [-0.1, -0.05) is 12.1 Å². The molecule has 92 valence electrons. The van der Waals surface area contributed by atoms with Gasteiger partial charge in [-0.05, 0) is 26.0 Å². The van der Waals surface area contributed by atoms with Crippen LogP contribution in [0.4, 0.5) is 0 Å². The molecule has 0 aliphatic heterocycles. The van der Waals surface area contributed by atoms with Crippen molar-refractivity contribution in [3.63, 3.8) is 0 Å². The molecule has 0 heterocycles.